The van der Waals surface area contributed by atoms with Crippen molar-refractivity contribution in [2.24, 2.45) is 5.92 Å². The molecule has 0 aromatic carbocycles. The van der Waals surface area contributed by atoms with Crippen LogP contribution >= 0.6 is 0 Å². The third-order valence-electron chi connectivity index (χ3n) is 4.51. The highest BCUT2D eigenvalue weighted by Gasteiger charge is 2.11. The molecule has 0 N–H and O–H groups in total. The van der Waals surface area contributed by atoms with E-state index in [0.717, 1.165) is 38.7 Å². The van der Waals surface area contributed by atoms with Crippen LogP contribution in [0, 0.1) is 5.92 Å². The molecule has 0 bridgehead atoms. The van der Waals surface area contributed by atoms with Gasteiger partial charge in [0.05, 0.1) is 13.2 Å². The Bertz CT molecular complexity index is 335. The summed E-state index contributed by atoms with van der Waals surface area (Å²) in [6.07, 6.45) is 10.9. The van der Waals surface area contributed by atoms with E-state index in [9.17, 15) is 9.59 Å². The van der Waals surface area contributed by atoms with Crippen molar-refractivity contribution in [1.29, 1.82) is 0 Å². The van der Waals surface area contributed by atoms with Crippen LogP contribution in [0.2, 0.25) is 0 Å². The van der Waals surface area contributed by atoms with Gasteiger partial charge in [-0.3, -0.25) is 9.59 Å². The van der Waals surface area contributed by atoms with Gasteiger partial charge >= 0.3 is 11.9 Å². The van der Waals surface area contributed by atoms with Crippen LogP contribution in [0.15, 0.2) is 0 Å². The summed E-state index contributed by atoms with van der Waals surface area (Å²) in [5.41, 5.74) is 0. The SMILES string of the molecule is CCCCCCOC(=O)CCCC(=O)OCCC(CCCC)CCOC. The van der Waals surface area contributed by atoms with E-state index in [1.807, 2.05) is 0 Å². The van der Waals surface area contributed by atoms with Crippen LogP contribution in [-0.4, -0.2) is 38.9 Å². The molecule has 0 radical (unpaired) electrons. The van der Waals surface area contributed by atoms with Gasteiger partial charge in [-0.2, -0.15) is 0 Å². The van der Waals surface area contributed by atoms with Gasteiger partial charge in [-0.15, -0.1) is 0 Å². The van der Waals surface area contributed by atoms with Gasteiger partial charge in [0.1, 0.15) is 0 Å². The zero-order chi connectivity index (χ0) is 19.5. The van der Waals surface area contributed by atoms with E-state index in [1.54, 1.807) is 7.11 Å². The first-order valence-electron chi connectivity index (χ1n) is 10.4. The summed E-state index contributed by atoms with van der Waals surface area (Å²) in [6, 6.07) is 0. The molecule has 0 aromatic heterocycles. The number of carbonyl (C=O) groups excluding carboxylic acids is 2. The van der Waals surface area contributed by atoms with Crippen LogP contribution in [0.25, 0.3) is 0 Å². The molecule has 0 saturated carbocycles. The fourth-order valence-corrected chi connectivity index (χ4v) is 2.79. The molecule has 154 valence electrons. The Balaban J connectivity index is 3.69. The van der Waals surface area contributed by atoms with E-state index < -0.39 is 0 Å². The number of unbranched alkanes of at least 4 members (excludes halogenated alkanes) is 4. The fourth-order valence-electron chi connectivity index (χ4n) is 2.79. The maximum atomic E-state index is 11.8. The van der Waals surface area contributed by atoms with Crippen molar-refractivity contribution in [3.63, 3.8) is 0 Å². The molecular formula is C21H40O5. The van der Waals surface area contributed by atoms with E-state index in [0.29, 0.717) is 25.6 Å². The number of carbonyl (C=O) groups is 2. The van der Waals surface area contributed by atoms with Crippen molar-refractivity contribution in [3.05, 3.63) is 0 Å². The van der Waals surface area contributed by atoms with Crippen LogP contribution in [-0.2, 0) is 23.8 Å². The maximum absolute atomic E-state index is 11.8. The quantitative estimate of drug-likeness (QED) is 0.249. The molecule has 0 saturated heterocycles. The van der Waals surface area contributed by atoms with Gasteiger partial charge in [-0.05, 0) is 31.6 Å². The van der Waals surface area contributed by atoms with Gasteiger partial charge in [0, 0.05) is 26.6 Å². The zero-order valence-electron chi connectivity index (χ0n) is 17.2. The maximum Gasteiger partial charge on any atom is 0.305 e. The van der Waals surface area contributed by atoms with Crippen molar-refractivity contribution in [3.8, 4) is 0 Å². The Labute approximate surface area is 160 Å². The molecule has 0 rings (SSSR count). The summed E-state index contributed by atoms with van der Waals surface area (Å²) in [7, 11) is 1.72. The van der Waals surface area contributed by atoms with E-state index >= 15 is 0 Å². The van der Waals surface area contributed by atoms with Crippen molar-refractivity contribution in [1.82, 2.24) is 0 Å². The normalized spacial score (nSPS) is 12.0. The van der Waals surface area contributed by atoms with Gasteiger partial charge in [-0.1, -0.05) is 52.4 Å². The first kappa shape index (κ1) is 24.9. The third-order valence-corrected chi connectivity index (χ3v) is 4.51. The Morgan fingerprint density at radius 3 is 1.92 bits per heavy atom. The second-order valence-corrected chi connectivity index (χ2v) is 6.93. The van der Waals surface area contributed by atoms with E-state index in [4.69, 9.17) is 14.2 Å². The first-order chi connectivity index (χ1) is 12.6. The molecule has 0 aliphatic rings. The number of methoxy groups -OCH3 is 1. The number of hydrogen-bond donors (Lipinski definition) is 0. The summed E-state index contributed by atoms with van der Waals surface area (Å²) in [6.45, 7) is 6.03. The number of hydrogen-bond acceptors (Lipinski definition) is 5. The lowest BCUT2D eigenvalue weighted by Crippen LogP contribution is -2.12. The molecule has 26 heavy (non-hydrogen) atoms. The van der Waals surface area contributed by atoms with Crippen molar-refractivity contribution >= 4 is 11.9 Å². The Morgan fingerprint density at radius 1 is 0.692 bits per heavy atom. The van der Waals surface area contributed by atoms with Gasteiger partial charge < -0.3 is 14.2 Å². The average Bonchev–Trinajstić information content (AvgIpc) is 2.63. The van der Waals surface area contributed by atoms with Crippen molar-refractivity contribution in [2.75, 3.05) is 26.9 Å². The molecule has 1 atom stereocenters. The largest absolute Gasteiger partial charge is 0.466 e. The van der Waals surface area contributed by atoms with Crippen LogP contribution in [0.5, 0.6) is 0 Å². The Morgan fingerprint density at radius 2 is 1.31 bits per heavy atom. The highest BCUT2D eigenvalue weighted by Crippen LogP contribution is 2.17. The molecule has 0 aliphatic heterocycles. The molecule has 0 heterocycles. The standard InChI is InChI=1S/C21H40O5/c1-4-6-8-9-16-25-20(22)12-10-13-21(23)26-18-15-19(11-7-5-2)14-17-24-3/h19H,4-18H2,1-3H3. The van der Waals surface area contributed by atoms with Gasteiger partial charge in [0.15, 0.2) is 0 Å². The minimum absolute atomic E-state index is 0.214. The summed E-state index contributed by atoms with van der Waals surface area (Å²) >= 11 is 0. The first-order valence-corrected chi connectivity index (χ1v) is 10.4. The van der Waals surface area contributed by atoms with Crippen molar-refractivity contribution in [2.45, 2.75) is 90.9 Å². The Kier molecular flexibility index (Phi) is 17.9. The molecule has 5 nitrogen and oxygen atoms in total. The molecule has 0 fully saturated rings. The van der Waals surface area contributed by atoms with Gasteiger partial charge in [-0.25, -0.2) is 0 Å². The molecule has 1 unspecified atom stereocenters. The zero-order valence-corrected chi connectivity index (χ0v) is 17.2. The van der Waals surface area contributed by atoms with Crippen LogP contribution in [0.4, 0.5) is 0 Å². The van der Waals surface area contributed by atoms with Crippen LogP contribution in [0.1, 0.15) is 90.9 Å². The predicted molar refractivity (Wildman–Crippen MR) is 104 cm³/mol. The third kappa shape index (κ3) is 16.4. The summed E-state index contributed by atoms with van der Waals surface area (Å²) < 4.78 is 15.6. The van der Waals surface area contributed by atoms with Gasteiger partial charge in [0.2, 0.25) is 0 Å². The average molecular weight is 373 g/mol. The van der Waals surface area contributed by atoms with Crippen LogP contribution in [0.3, 0.4) is 0 Å². The summed E-state index contributed by atoms with van der Waals surface area (Å²) in [4.78, 5) is 23.3. The minimum atomic E-state index is -0.221. The van der Waals surface area contributed by atoms with Crippen LogP contribution < -0.4 is 0 Å². The molecule has 5 heteroatoms. The second-order valence-electron chi connectivity index (χ2n) is 6.93. The fraction of sp³-hybridized carbons (Fsp3) is 0.905. The molecular weight excluding hydrogens is 332 g/mol. The lowest BCUT2D eigenvalue weighted by molar-refractivity contribution is -0.145. The lowest BCUT2D eigenvalue weighted by Gasteiger charge is -2.16. The Hall–Kier alpha value is -1.10. The highest BCUT2D eigenvalue weighted by molar-refractivity contribution is 5.72. The van der Waals surface area contributed by atoms with Crippen molar-refractivity contribution < 1.29 is 23.8 Å². The predicted octanol–water partition coefficient (Wildman–Crippen LogP) is 5.06. The van der Waals surface area contributed by atoms with E-state index in [-0.39, 0.29) is 24.8 Å². The number of rotatable bonds is 18. The van der Waals surface area contributed by atoms with E-state index in [1.165, 1.54) is 25.7 Å². The monoisotopic (exact) mass is 372 g/mol. The second kappa shape index (κ2) is 18.7. The lowest BCUT2D eigenvalue weighted by atomic mass is 9.96. The summed E-state index contributed by atoms with van der Waals surface area (Å²) in [5.74, 6) is 0.112. The topological polar surface area (TPSA) is 61.8 Å². The number of ether oxygens (including phenoxy) is 3. The summed E-state index contributed by atoms with van der Waals surface area (Å²) in [5, 5.41) is 0. The minimum Gasteiger partial charge on any atom is -0.466 e. The number of esters is 2. The molecule has 0 amide bonds. The van der Waals surface area contributed by atoms with E-state index in [2.05, 4.69) is 13.8 Å². The molecule has 0 aromatic rings. The smallest absolute Gasteiger partial charge is 0.305 e. The van der Waals surface area contributed by atoms with Gasteiger partial charge in [0.25, 0.3) is 0 Å². The molecule has 0 aliphatic carbocycles. The molecule has 0 spiro atoms. The highest BCUT2D eigenvalue weighted by atomic mass is 16.5.